The fraction of sp³-hybridized carbons (Fsp3) is 0.444. The van der Waals surface area contributed by atoms with E-state index in [1.165, 1.54) is 16.0 Å². The molecule has 0 aliphatic heterocycles. The number of hydrogen-bond acceptors (Lipinski definition) is 3. The number of aliphatic hydroxyl groups excluding tert-OH is 1. The third-order valence-corrected chi connectivity index (χ3v) is 5.37. The zero-order valence-electron chi connectivity index (χ0n) is 13.3. The van der Waals surface area contributed by atoms with E-state index in [4.69, 9.17) is 5.73 Å². The molecule has 2 atom stereocenters. The van der Waals surface area contributed by atoms with Gasteiger partial charge in [-0.15, -0.1) is 11.3 Å². The average molecular weight is 303 g/mol. The van der Waals surface area contributed by atoms with Crippen LogP contribution in [0.3, 0.4) is 0 Å². The van der Waals surface area contributed by atoms with Gasteiger partial charge in [-0.05, 0) is 42.5 Å². The SMILES string of the molecule is Cc1cc(C(O)C(CN)c2ccc(C(C)C)cc2)sc1C. The lowest BCUT2D eigenvalue weighted by Crippen LogP contribution is -2.19. The van der Waals surface area contributed by atoms with Crippen molar-refractivity contribution in [3.63, 3.8) is 0 Å². The molecule has 3 N–H and O–H groups in total. The van der Waals surface area contributed by atoms with Crippen molar-refractivity contribution in [3.05, 3.63) is 56.8 Å². The Hall–Kier alpha value is -1.16. The summed E-state index contributed by atoms with van der Waals surface area (Å²) in [4.78, 5) is 2.27. The molecule has 2 aromatic rings. The molecule has 0 saturated carbocycles. The van der Waals surface area contributed by atoms with Gasteiger partial charge in [-0.1, -0.05) is 38.1 Å². The largest absolute Gasteiger partial charge is 0.387 e. The predicted molar refractivity (Wildman–Crippen MR) is 91.1 cm³/mol. The highest BCUT2D eigenvalue weighted by molar-refractivity contribution is 7.12. The van der Waals surface area contributed by atoms with Gasteiger partial charge in [0, 0.05) is 22.2 Å². The molecule has 21 heavy (non-hydrogen) atoms. The third-order valence-electron chi connectivity index (χ3n) is 4.14. The summed E-state index contributed by atoms with van der Waals surface area (Å²) in [5, 5.41) is 10.7. The van der Waals surface area contributed by atoms with E-state index in [2.05, 4.69) is 58.0 Å². The standard InChI is InChI=1S/C18H25NOS/c1-11(2)14-5-7-15(8-6-14)16(10-19)18(20)17-9-12(3)13(4)21-17/h5-9,11,16,18,20H,10,19H2,1-4H3. The van der Waals surface area contributed by atoms with Crippen molar-refractivity contribution < 1.29 is 5.11 Å². The maximum Gasteiger partial charge on any atom is 0.0962 e. The number of nitrogens with two attached hydrogens (primary N) is 1. The van der Waals surface area contributed by atoms with Crippen molar-refractivity contribution in [2.45, 2.75) is 45.6 Å². The first-order valence-corrected chi connectivity index (χ1v) is 8.30. The fourth-order valence-corrected chi connectivity index (χ4v) is 3.62. The number of aliphatic hydroxyl groups is 1. The van der Waals surface area contributed by atoms with Crippen LogP contribution in [0.25, 0.3) is 0 Å². The summed E-state index contributed by atoms with van der Waals surface area (Å²) in [6.07, 6.45) is -0.530. The van der Waals surface area contributed by atoms with Crippen LogP contribution < -0.4 is 5.73 Å². The van der Waals surface area contributed by atoms with E-state index in [9.17, 15) is 5.11 Å². The summed E-state index contributed by atoms with van der Waals surface area (Å²) >= 11 is 1.66. The van der Waals surface area contributed by atoms with E-state index in [1.54, 1.807) is 11.3 Å². The number of benzene rings is 1. The van der Waals surface area contributed by atoms with Crippen LogP contribution in [0.15, 0.2) is 30.3 Å². The van der Waals surface area contributed by atoms with Crippen molar-refractivity contribution in [3.8, 4) is 0 Å². The second kappa shape index (κ2) is 6.73. The second-order valence-electron chi connectivity index (χ2n) is 6.00. The maximum absolute atomic E-state index is 10.7. The summed E-state index contributed by atoms with van der Waals surface area (Å²) in [6, 6.07) is 10.6. The lowest BCUT2D eigenvalue weighted by atomic mass is 9.90. The van der Waals surface area contributed by atoms with Gasteiger partial charge in [0.05, 0.1) is 6.10 Å². The average Bonchev–Trinajstić information content (AvgIpc) is 2.80. The van der Waals surface area contributed by atoms with Crippen molar-refractivity contribution in [2.75, 3.05) is 6.54 Å². The molecule has 0 fully saturated rings. The van der Waals surface area contributed by atoms with E-state index in [1.807, 2.05) is 0 Å². The molecule has 0 amide bonds. The predicted octanol–water partition coefficient (Wildman–Crippen LogP) is 4.26. The minimum atomic E-state index is -0.530. The Morgan fingerprint density at radius 3 is 2.10 bits per heavy atom. The van der Waals surface area contributed by atoms with E-state index in [0.717, 1.165) is 10.4 Å². The Balaban J connectivity index is 2.26. The van der Waals surface area contributed by atoms with Crippen molar-refractivity contribution >= 4 is 11.3 Å². The van der Waals surface area contributed by atoms with Gasteiger partial charge in [-0.2, -0.15) is 0 Å². The zero-order valence-corrected chi connectivity index (χ0v) is 14.1. The molecule has 0 spiro atoms. The molecule has 0 aliphatic carbocycles. The van der Waals surface area contributed by atoms with E-state index < -0.39 is 6.10 Å². The molecule has 114 valence electrons. The smallest absolute Gasteiger partial charge is 0.0962 e. The first kappa shape index (κ1) is 16.2. The lowest BCUT2D eigenvalue weighted by molar-refractivity contribution is 0.151. The van der Waals surface area contributed by atoms with Crippen LogP contribution in [0.5, 0.6) is 0 Å². The highest BCUT2D eigenvalue weighted by Crippen LogP contribution is 2.35. The van der Waals surface area contributed by atoms with Crippen molar-refractivity contribution in [2.24, 2.45) is 5.73 Å². The minimum Gasteiger partial charge on any atom is -0.387 e. The summed E-state index contributed by atoms with van der Waals surface area (Å²) < 4.78 is 0. The van der Waals surface area contributed by atoms with Gasteiger partial charge in [0.2, 0.25) is 0 Å². The van der Waals surface area contributed by atoms with Gasteiger partial charge in [0.1, 0.15) is 0 Å². The third kappa shape index (κ3) is 3.54. The highest BCUT2D eigenvalue weighted by Gasteiger charge is 2.23. The van der Waals surface area contributed by atoms with Gasteiger partial charge in [-0.3, -0.25) is 0 Å². The van der Waals surface area contributed by atoms with E-state index >= 15 is 0 Å². The van der Waals surface area contributed by atoms with Crippen LogP contribution in [-0.4, -0.2) is 11.7 Å². The Morgan fingerprint density at radius 2 is 1.67 bits per heavy atom. The highest BCUT2D eigenvalue weighted by atomic mass is 32.1. The van der Waals surface area contributed by atoms with Crippen LogP contribution in [-0.2, 0) is 0 Å². The van der Waals surface area contributed by atoms with Gasteiger partial charge in [0.15, 0.2) is 0 Å². The summed E-state index contributed by atoms with van der Waals surface area (Å²) in [5.74, 6) is 0.464. The molecule has 3 heteroatoms. The first-order chi connectivity index (χ1) is 9.93. The van der Waals surface area contributed by atoms with Gasteiger partial charge in [0.25, 0.3) is 0 Å². The Morgan fingerprint density at radius 1 is 1.10 bits per heavy atom. The van der Waals surface area contributed by atoms with Gasteiger partial charge >= 0.3 is 0 Å². The summed E-state index contributed by atoms with van der Waals surface area (Å²) in [5.41, 5.74) is 9.59. The van der Waals surface area contributed by atoms with Crippen LogP contribution in [0.4, 0.5) is 0 Å². The molecule has 0 radical (unpaired) electrons. The molecule has 2 rings (SSSR count). The van der Waals surface area contributed by atoms with Crippen LogP contribution in [0.1, 0.15) is 58.2 Å². The molecule has 0 bridgehead atoms. The van der Waals surface area contributed by atoms with Crippen LogP contribution in [0.2, 0.25) is 0 Å². The monoisotopic (exact) mass is 303 g/mol. The van der Waals surface area contributed by atoms with Crippen LogP contribution >= 0.6 is 11.3 Å². The van der Waals surface area contributed by atoms with E-state index in [0.29, 0.717) is 12.5 Å². The maximum atomic E-state index is 10.7. The Labute approximate surface area is 131 Å². The molecule has 2 nitrogen and oxygen atoms in total. The molecule has 1 aromatic carbocycles. The zero-order chi connectivity index (χ0) is 15.6. The number of rotatable bonds is 5. The van der Waals surface area contributed by atoms with Gasteiger partial charge in [-0.25, -0.2) is 0 Å². The Kier molecular flexibility index (Phi) is 5.20. The van der Waals surface area contributed by atoms with Crippen LogP contribution in [0, 0.1) is 13.8 Å². The number of aryl methyl sites for hydroxylation is 2. The fourth-order valence-electron chi connectivity index (χ4n) is 2.52. The molecular formula is C18H25NOS. The van der Waals surface area contributed by atoms with Crippen molar-refractivity contribution in [1.29, 1.82) is 0 Å². The first-order valence-electron chi connectivity index (χ1n) is 7.49. The van der Waals surface area contributed by atoms with Gasteiger partial charge < -0.3 is 10.8 Å². The second-order valence-corrected chi connectivity index (χ2v) is 7.28. The molecule has 0 saturated heterocycles. The summed E-state index contributed by atoms with van der Waals surface area (Å²) in [6.45, 7) is 8.98. The molecular weight excluding hydrogens is 278 g/mol. The molecule has 1 aromatic heterocycles. The number of hydrogen-bond donors (Lipinski definition) is 2. The minimum absolute atomic E-state index is 0.0522. The normalized spacial score (nSPS) is 14.4. The number of thiophene rings is 1. The molecule has 0 aliphatic rings. The lowest BCUT2D eigenvalue weighted by Gasteiger charge is -2.21. The molecule has 1 heterocycles. The molecule has 2 unspecified atom stereocenters. The quantitative estimate of drug-likeness (QED) is 0.866. The van der Waals surface area contributed by atoms with Crippen molar-refractivity contribution in [1.82, 2.24) is 0 Å². The Bertz CT molecular complexity index is 566. The van der Waals surface area contributed by atoms with E-state index in [-0.39, 0.29) is 5.92 Å². The topological polar surface area (TPSA) is 46.2 Å². The summed E-state index contributed by atoms with van der Waals surface area (Å²) in [7, 11) is 0.